The fourth-order valence-corrected chi connectivity index (χ4v) is 2.69. The minimum Gasteiger partial charge on any atom is -0.496 e. The monoisotopic (exact) mass is 387 g/mol. The van der Waals surface area contributed by atoms with Gasteiger partial charge in [0.1, 0.15) is 5.75 Å². The highest BCUT2D eigenvalue weighted by molar-refractivity contribution is 6.02. The van der Waals surface area contributed by atoms with Gasteiger partial charge in [-0.05, 0) is 42.0 Å². The van der Waals surface area contributed by atoms with Crippen LogP contribution in [-0.2, 0) is 11.3 Å². The van der Waals surface area contributed by atoms with Crippen molar-refractivity contribution in [1.82, 2.24) is 10.3 Å². The van der Waals surface area contributed by atoms with Crippen LogP contribution in [0.1, 0.15) is 21.5 Å². The van der Waals surface area contributed by atoms with Crippen LogP contribution in [0.5, 0.6) is 5.75 Å². The summed E-state index contributed by atoms with van der Waals surface area (Å²) >= 11 is 0. The predicted molar refractivity (Wildman–Crippen MR) is 113 cm³/mol. The van der Waals surface area contributed by atoms with E-state index < -0.39 is 0 Å². The molecule has 2 amide bonds. The second-order valence-corrected chi connectivity index (χ2v) is 6.19. The molecule has 0 aliphatic rings. The Balaban J connectivity index is 1.58. The summed E-state index contributed by atoms with van der Waals surface area (Å²) in [5, 5.41) is 5.66. The van der Waals surface area contributed by atoms with Crippen LogP contribution < -0.4 is 15.4 Å². The van der Waals surface area contributed by atoms with E-state index in [1.54, 1.807) is 37.6 Å². The van der Waals surface area contributed by atoms with Crippen molar-refractivity contribution < 1.29 is 14.3 Å². The average molecular weight is 387 g/mol. The van der Waals surface area contributed by atoms with Crippen LogP contribution in [0.25, 0.3) is 6.08 Å². The Morgan fingerprint density at radius 2 is 1.93 bits per heavy atom. The first-order chi connectivity index (χ1) is 14.2. The van der Waals surface area contributed by atoms with Crippen LogP contribution in [0, 0.1) is 0 Å². The second-order valence-electron chi connectivity index (χ2n) is 6.19. The molecule has 0 aliphatic heterocycles. The van der Waals surface area contributed by atoms with Crippen molar-refractivity contribution in [3.8, 4) is 5.75 Å². The zero-order valence-electron chi connectivity index (χ0n) is 16.0. The minimum atomic E-state index is -0.257. The molecule has 0 saturated heterocycles. The van der Waals surface area contributed by atoms with Crippen LogP contribution in [0.3, 0.4) is 0 Å². The fourth-order valence-electron chi connectivity index (χ4n) is 2.69. The Labute approximate surface area is 169 Å². The molecule has 0 fully saturated rings. The Morgan fingerprint density at radius 3 is 2.72 bits per heavy atom. The first kappa shape index (κ1) is 19.8. The topological polar surface area (TPSA) is 80.3 Å². The van der Waals surface area contributed by atoms with E-state index >= 15 is 0 Å². The van der Waals surface area contributed by atoms with E-state index in [2.05, 4.69) is 15.6 Å². The van der Waals surface area contributed by atoms with E-state index in [0.717, 1.165) is 11.1 Å². The van der Waals surface area contributed by atoms with Crippen LogP contribution in [0.4, 0.5) is 5.69 Å². The zero-order chi connectivity index (χ0) is 20.5. The summed E-state index contributed by atoms with van der Waals surface area (Å²) in [7, 11) is 1.59. The summed E-state index contributed by atoms with van der Waals surface area (Å²) in [6.07, 6.45) is 6.28. The molecular formula is C23H21N3O3. The fraction of sp³-hybridized carbons (Fsp3) is 0.0870. The summed E-state index contributed by atoms with van der Waals surface area (Å²) in [6, 6.07) is 18.2. The van der Waals surface area contributed by atoms with Crippen molar-refractivity contribution in [2.45, 2.75) is 6.54 Å². The smallest absolute Gasteiger partial charge is 0.253 e. The van der Waals surface area contributed by atoms with E-state index in [4.69, 9.17) is 4.74 Å². The van der Waals surface area contributed by atoms with Gasteiger partial charge < -0.3 is 15.4 Å². The maximum atomic E-state index is 12.2. The molecule has 1 aromatic heterocycles. The van der Waals surface area contributed by atoms with Gasteiger partial charge in [0.25, 0.3) is 5.91 Å². The van der Waals surface area contributed by atoms with Gasteiger partial charge in [0.15, 0.2) is 0 Å². The number of carbonyl (C=O) groups excluding carboxylic acids is 2. The second kappa shape index (κ2) is 9.85. The number of nitrogens with zero attached hydrogens (tertiary/aromatic N) is 1. The normalized spacial score (nSPS) is 10.5. The van der Waals surface area contributed by atoms with Crippen molar-refractivity contribution in [3.05, 3.63) is 95.8 Å². The number of benzene rings is 2. The molecule has 0 spiro atoms. The predicted octanol–water partition coefficient (Wildman–Crippen LogP) is 3.67. The first-order valence-corrected chi connectivity index (χ1v) is 9.05. The molecule has 0 aliphatic carbocycles. The van der Waals surface area contributed by atoms with E-state index in [1.807, 2.05) is 42.5 Å². The molecule has 3 rings (SSSR count). The Hall–Kier alpha value is -3.93. The molecule has 0 bridgehead atoms. The lowest BCUT2D eigenvalue weighted by Crippen LogP contribution is -2.22. The molecule has 1 heterocycles. The van der Waals surface area contributed by atoms with Gasteiger partial charge in [0.05, 0.1) is 12.7 Å². The van der Waals surface area contributed by atoms with E-state index in [1.165, 1.54) is 12.3 Å². The number of anilines is 1. The third kappa shape index (κ3) is 5.77. The third-order valence-corrected chi connectivity index (χ3v) is 4.12. The first-order valence-electron chi connectivity index (χ1n) is 9.05. The minimum absolute atomic E-state index is 0.202. The largest absolute Gasteiger partial charge is 0.496 e. The lowest BCUT2D eigenvalue weighted by Gasteiger charge is -2.08. The molecule has 2 N–H and O–H groups in total. The average Bonchev–Trinajstić information content (AvgIpc) is 2.77. The molecule has 146 valence electrons. The highest BCUT2D eigenvalue weighted by atomic mass is 16.5. The maximum Gasteiger partial charge on any atom is 0.253 e. The number of methoxy groups -OCH3 is 1. The van der Waals surface area contributed by atoms with Crippen molar-refractivity contribution in [3.63, 3.8) is 0 Å². The van der Waals surface area contributed by atoms with Gasteiger partial charge in [-0.2, -0.15) is 0 Å². The number of hydrogen-bond acceptors (Lipinski definition) is 4. The lowest BCUT2D eigenvalue weighted by atomic mass is 10.1. The van der Waals surface area contributed by atoms with Crippen LogP contribution in [0.15, 0.2) is 79.1 Å². The molecule has 0 radical (unpaired) electrons. The third-order valence-electron chi connectivity index (χ3n) is 4.12. The molecule has 6 nitrogen and oxygen atoms in total. The van der Waals surface area contributed by atoms with E-state index in [9.17, 15) is 9.59 Å². The number of hydrogen-bond donors (Lipinski definition) is 2. The van der Waals surface area contributed by atoms with Gasteiger partial charge in [-0.1, -0.05) is 30.3 Å². The van der Waals surface area contributed by atoms with Gasteiger partial charge >= 0.3 is 0 Å². The van der Waals surface area contributed by atoms with E-state index in [0.29, 0.717) is 23.5 Å². The molecule has 0 unspecified atom stereocenters. The lowest BCUT2D eigenvalue weighted by molar-refractivity contribution is -0.111. The number of pyridine rings is 1. The molecule has 0 saturated carbocycles. The van der Waals surface area contributed by atoms with Gasteiger partial charge in [0, 0.05) is 36.3 Å². The van der Waals surface area contributed by atoms with Crippen molar-refractivity contribution in [2.75, 3.05) is 12.4 Å². The highest BCUT2D eigenvalue weighted by Gasteiger charge is 2.06. The SMILES string of the molecule is COc1ccccc1/C=C/C(=O)Nc1cccc(CNC(=O)c2cccnc2)c1. The highest BCUT2D eigenvalue weighted by Crippen LogP contribution is 2.18. The van der Waals surface area contributed by atoms with Crippen LogP contribution in [-0.4, -0.2) is 23.9 Å². The number of amides is 2. The van der Waals surface area contributed by atoms with Crippen molar-refractivity contribution in [1.29, 1.82) is 0 Å². The molecule has 6 heteroatoms. The summed E-state index contributed by atoms with van der Waals surface area (Å²) in [6.45, 7) is 0.342. The molecule has 29 heavy (non-hydrogen) atoms. The Morgan fingerprint density at radius 1 is 1.07 bits per heavy atom. The number of ether oxygens (including phenoxy) is 1. The van der Waals surface area contributed by atoms with Crippen LogP contribution >= 0.6 is 0 Å². The van der Waals surface area contributed by atoms with Gasteiger partial charge in [-0.25, -0.2) is 0 Å². The van der Waals surface area contributed by atoms with Crippen LogP contribution in [0.2, 0.25) is 0 Å². The molecule has 2 aromatic carbocycles. The quantitative estimate of drug-likeness (QED) is 0.606. The van der Waals surface area contributed by atoms with E-state index in [-0.39, 0.29) is 11.8 Å². The summed E-state index contributed by atoms with van der Waals surface area (Å²) < 4.78 is 5.27. The summed E-state index contributed by atoms with van der Waals surface area (Å²) in [4.78, 5) is 28.3. The maximum absolute atomic E-state index is 12.2. The summed E-state index contributed by atoms with van der Waals surface area (Å²) in [5.74, 6) is 0.239. The number of rotatable bonds is 7. The molecule has 0 atom stereocenters. The van der Waals surface area contributed by atoms with Gasteiger partial charge in [-0.3, -0.25) is 14.6 Å². The Bertz CT molecular complexity index is 1020. The number of carbonyl (C=O) groups is 2. The standard InChI is InChI=1S/C23H21N3O3/c1-29-21-10-3-2-7-18(21)11-12-22(27)26-20-9-4-6-17(14-20)15-25-23(28)19-8-5-13-24-16-19/h2-14,16H,15H2,1H3,(H,25,28)(H,26,27)/b12-11+. The Kier molecular flexibility index (Phi) is 6.73. The number of nitrogens with one attached hydrogen (secondary N) is 2. The number of para-hydroxylation sites is 1. The molecule has 3 aromatic rings. The van der Waals surface area contributed by atoms with Crippen molar-refractivity contribution in [2.24, 2.45) is 0 Å². The van der Waals surface area contributed by atoms with Gasteiger partial charge in [-0.15, -0.1) is 0 Å². The van der Waals surface area contributed by atoms with Crippen molar-refractivity contribution >= 4 is 23.6 Å². The number of aromatic nitrogens is 1. The zero-order valence-corrected chi connectivity index (χ0v) is 16.0. The molecular weight excluding hydrogens is 366 g/mol. The summed E-state index contributed by atoms with van der Waals surface area (Å²) in [5.41, 5.74) is 2.83. The van der Waals surface area contributed by atoms with Gasteiger partial charge in [0.2, 0.25) is 5.91 Å².